The maximum atomic E-state index is 12.2. The van der Waals surface area contributed by atoms with Crippen LogP contribution in [0.3, 0.4) is 0 Å². The molecule has 0 bridgehead atoms. The maximum absolute atomic E-state index is 12.2. The van der Waals surface area contributed by atoms with Crippen LogP contribution < -0.4 is 10.2 Å². The molecule has 0 spiro atoms. The molecule has 10 heteroatoms. The lowest BCUT2D eigenvalue weighted by Gasteiger charge is -2.16. The Hall–Kier alpha value is -3.49. The van der Waals surface area contributed by atoms with Crippen molar-refractivity contribution < 1.29 is 29.4 Å². The fourth-order valence-electron chi connectivity index (χ4n) is 2.86. The molecule has 2 unspecified atom stereocenters. The number of hydrogen-bond acceptors (Lipinski definition) is 5. The number of anilines is 1. The van der Waals surface area contributed by atoms with E-state index in [2.05, 4.69) is 15.1 Å². The molecule has 29 heavy (non-hydrogen) atoms. The summed E-state index contributed by atoms with van der Waals surface area (Å²) >= 11 is 0. The summed E-state index contributed by atoms with van der Waals surface area (Å²) in [5.41, 5.74) is 10.9. The van der Waals surface area contributed by atoms with Gasteiger partial charge in [-0.2, -0.15) is 4.79 Å². The van der Waals surface area contributed by atoms with Crippen LogP contribution in [0.15, 0.2) is 24.4 Å². The summed E-state index contributed by atoms with van der Waals surface area (Å²) in [7, 11) is 3.84. The van der Waals surface area contributed by atoms with Gasteiger partial charge in [0.15, 0.2) is 0 Å². The van der Waals surface area contributed by atoms with Crippen molar-refractivity contribution in [3.63, 3.8) is 0 Å². The zero-order valence-corrected chi connectivity index (χ0v) is 16.1. The lowest BCUT2D eigenvalue weighted by Crippen LogP contribution is -2.46. The smallest absolute Gasteiger partial charge is 0.326 e. The minimum absolute atomic E-state index is 0.00438. The summed E-state index contributed by atoms with van der Waals surface area (Å²) in [6.07, 6.45) is 0.471. The fourth-order valence-corrected chi connectivity index (χ4v) is 2.86. The zero-order valence-electron chi connectivity index (χ0n) is 16.1. The molecule has 0 aliphatic carbocycles. The summed E-state index contributed by atoms with van der Waals surface area (Å²) in [6.45, 7) is 0. The highest BCUT2D eigenvalue weighted by Crippen LogP contribution is 2.24. The number of fused-ring (bicyclic) bond motifs is 1. The summed E-state index contributed by atoms with van der Waals surface area (Å²) < 4.78 is 0. The van der Waals surface area contributed by atoms with Gasteiger partial charge in [0.2, 0.25) is 11.7 Å². The third-order valence-corrected chi connectivity index (χ3v) is 4.48. The van der Waals surface area contributed by atoms with E-state index in [1.54, 1.807) is 6.20 Å². The fraction of sp³-hybridized carbons (Fsp3) is 0.368. The van der Waals surface area contributed by atoms with E-state index in [9.17, 15) is 24.6 Å². The normalized spacial score (nSPS) is 12.7. The Morgan fingerprint density at radius 2 is 2.07 bits per heavy atom. The Labute approximate surface area is 166 Å². The minimum atomic E-state index is -1.46. The van der Waals surface area contributed by atoms with Gasteiger partial charge >= 0.3 is 12.2 Å². The van der Waals surface area contributed by atoms with E-state index in [0.29, 0.717) is 11.8 Å². The molecule has 10 nitrogen and oxygen atoms in total. The average Bonchev–Trinajstić information content (AvgIpc) is 3.06. The lowest BCUT2D eigenvalue weighted by molar-refractivity contribution is -0.143. The molecule has 0 saturated heterocycles. The van der Waals surface area contributed by atoms with Crippen LogP contribution in [0.5, 0.6) is 0 Å². The second kappa shape index (κ2) is 9.63. The van der Waals surface area contributed by atoms with Gasteiger partial charge in [-0.05, 0) is 24.1 Å². The van der Waals surface area contributed by atoms with Crippen LogP contribution >= 0.6 is 0 Å². The molecule has 0 aliphatic rings. The van der Waals surface area contributed by atoms with Crippen molar-refractivity contribution in [2.45, 2.75) is 31.4 Å². The van der Waals surface area contributed by atoms with Crippen LogP contribution in [0.4, 0.5) is 5.69 Å². The summed E-state index contributed by atoms with van der Waals surface area (Å²) in [6, 6.07) is 4.39. The molecular weight excluding hydrogens is 378 g/mol. The number of aliphatic carboxylic acids is 1. The Balaban J connectivity index is 2.03. The summed E-state index contributed by atoms with van der Waals surface area (Å²) in [5, 5.41) is 22.5. The highest BCUT2D eigenvalue weighted by atomic mass is 16.4. The summed E-state index contributed by atoms with van der Waals surface area (Å²) in [5.74, 6) is -2.76. The number of amides is 1. The van der Waals surface area contributed by atoms with Gasteiger partial charge in [-0.25, -0.2) is 4.79 Å². The molecule has 2 rings (SSSR count). The third kappa shape index (κ3) is 5.74. The molecule has 0 saturated carbocycles. The Bertz CT molecular complexity index is 961. The van der Waals surface area contributed by atoms with Gasteiger partial charge in [-0.1, -0.05) is 6.07 Å². The number of carboxylic acid groups (broad SMARTS) is 1. The topological polar surface area (TPSA) is 159 Å². The van der Waals surface area contributed by atoms with E-state index >= 15 is 0 Å². The second-order valence-electron chi connectivity index (χ2n) is 6.81. The van der Waals surface area contributed by atoms with E-state index < -0.39 is 29.8 Å². The Morgan fingerprint density at radius 1 is 1.34 bits per heavy atom. The lowest BCUT2D eigenvalue weighted by atomic mass is 10.0. The molecule has 0 radical (unpaired) electrons. The molecule has 4 N–H and O–H groups in total. The largest absolute Gasteiger partial charge is 0.480 e. The van der Waals surface area contributed by atoms with Crippen molar-refractivity contribution >= 4 is 40.5 Å². The van der Waals surface area contributed by atoms with Gasteiger partial charge in [0.05, 0.1) is 0 Å². The number of hydrogen-bond donors (Lipinski definition) is 4. The highest BCUT2D eigenvalue weighted by molar-refractivity contribution is 6.25. The van der Waals surface area contributed by atoms with Crippen molar-refractivity contribution in [1.82, 2.24) is 10.3 Å². The SMILES string of the molecule is CN(C)c1ccc2c(CC(O)C(=O)NC(CCC(=O)C=[N+]=[N-])C(=O)O)c[nH]c2c1. The number of carbonyl (C=O) groups is 3. The van der Waals surface area contributed by atoms with Crippen LogP contribution in [-0.2, 0) is 20.8 Å². The second-order valence-corrected chi connectivity index (χ2v) is 6.81. The standard InChI is InChI=1S/C19H23N5O5/c1-24(2)12-3-5-14-11(9-21-16(14)8-12)7-17(26)18(27)23-15(19(28)29)6-4-13(25)10-22-20/h3,5,8-10,15,17,21,26H,4,6-7H2,1-2H3,(H,23,27)(H,28,29). The van der Waals surface area contributed by atoms with Crippen LogP contribution in [0.2, 0.25) is 0 Å². The number of nitrogens with zero attached hydrogens (tertiary/aromatic N) is 3. The van der Waals surface area contributed by atoms with E-state index in [4.69, 9.17) is 5.53 Å². The molecule has 2 aromatic rings. The molecule has 1 heterocycles. The number of aromatic amines is 1. The number of aromatic nitrogens is 1. The molecule has 0 fully saturated rings. The van der Waals surface area contributed by atoms with Gasteiger partial charge in [0.1, 0.15) is 12.1 Å². The van der Waals surface area contributed by atoms with Crippen LogP contribution in [0.1, 0.15) is 18.4 Å². The number of rotatable bonds is 10. The molecule has 1 aromatic heterocycles. The number of nitrogens with one attached hydrogen (secondary N) is 2. The Morgan fingerprint density at radius 3 is 2.69 bits per heavy atom. The number of aliphatic hydroxyl groups is 1. The zero-order chi connectivity index (χ0) is 21.6. The third-order valence-electron chi connectivity index (χ3n) is 4.48. The quantitative estimate of drug-likeness (QED) is 0.255. The number of Topliss-reactive ketones (excluding diaryl/α,β-unsaturated/α-hetero) is 1. The number of ketones is 1. The van der Waals surface area contributed by atoms with Gasteiger partial charge in [0.25, 0.3) is 0 Å². The molecule has 154 valence electrons. The van der Waals surface area contributed by atoms with Crippen LogP contribution in [-0.4, -0.2) is 70.1 Å². The van der Waals surface area contributed by atoms with Gasteiger partial charge < -0.3 is 30.9 Å². The van der Waals surface area contributed by atoms with E-state index in [-0.39, 0.29) is 19.3 Å². The van der Waals surface area contributed by atoms with E-state index in [0.717, 1.165) is 16.6 Å². The average molecular weight is 401 g/mol. The van der Waals surface area contributed by atoms with E-state index in [1.165, 1.54) is 0 Å². The first-order chi connectivity index (χ1) is 13.7. The van der Waals surface area contributed by atoms with Crippen molar-refractivity contribution in [1.29, 1.82) is 0 Å². The minimum Gasteiger partial charge on any atom is -0.480 e. The van der Waals surface area contributed by atoms with Crippen LogP contribution in [0, 0.1) is 0 Å². The van der Waals surface area contributed by atoms with Crippen molar-refractivity contribution in [2.24, 2.45) is 0 Å². The van der Waals surface area contributed by atoms with Crippen molar-refractivity contribution in [2.75, 3.05) is 19.0 Å². The van der Waals surface area contributed by atoms with Gasteiger partial charge in [-0.3, -0.25) is 9.59 Å². The van der Waals surface area contributed by atoms with Crippen molar-refractivity contribution in [3.05, 3.63) is 35.5 Å². The number of H-pyrrole nitrogens is 1. The molecule has 2 atom stereocenters. The molecular formula is C19H23N5O5. The van der Waals surface area contributed by atoms with Gasteiger partial charge in [0, 0.05) is 49.7 Å². The molecule has 1 amide bonds. The molecule has 0 aliphatic heterocycles. The predicted molar refractivity (Wildman–Crippen MR) is 106 cm³/mol. The maximum Gasteiger partial charge on any atom is 0.326 e. The Kier molecular flexibility index (Phi) is 7.24. The number of carboxylic acids is 1. The van der Waals surface area contributed by atoms with Crippen molar-refractivity contribution in [3.8, 4) is 0 Å². The van der Waals surface area contributed by atoms with Crippen LogP contribution in [0.25, 0.3) is 16.4 Å². The highest BCUT2D eigenvalue weighted by Gasteiger charge is 2.25. The first kappa shape index (κ1) is 21.8. The van der Waals surface area contributed by atoms with Gasteiger partial charge in [-0.15, -0.1) is 0 Å². The monoisotopic (exact) mass is 401 g/mol. The van der Waals surface area contributed by atoms with E-state index in [1.807, 2.05) is 37.2 Å². The number of aliphatic hydroxyl groups excluding tert-OH is 1. The predicted octanol–water partition coefficient (Wildman–Crippen LogP) is 0.357. The summed E-state index contributed by atoms with van der Waals surface area (Å²) in [4.78, 5) is 42.5. The first-order valence-corrected chi connectivity index (χ1v) is 8.91. The number of benzene rings is 1. The number of carbonyl (C=O) groups excluding carboxylic acids is 2. The first-order valence-electron chi connectivity index (χ1n) is 8.91. The molecule has 1 aromatic carbocycles.